The summed E-state index contributed by atoms with van der Waals surface area (Å²) in [5.41, 5.74) is 0.596. The summed E-state index contributed by atoms with van der Waals surface area (Å²) in [7, 11) is 1.48. The van der Waals surface area contributed by atoms with Crippen LogP contribution in [-0.4, -0.2) is 39.3 Å². The summed E-state index contributed by atoms with van der Waals surface area (Å²) in [6.07, 6.45) is 6.26. The first-order chi connectivity index (χ1) is 8.26. The van der Waals surface area contributed by atoms with Gasteiger partial charge in [-0.25, -0.2) is 0 Å². The van der Waals surface area contributed by atoms with Crippen LogP contribution < -0.4 is 10.6 Å². The fraction of sp³-hybridized carbons (Fsp3) is 0.923. The molecule has 3 rings (SSSR count). The number of esters is 1. The van der Waals surface area contributed by atoms with Crippen molar-refractivity contribution in [2.24, 2.45) is 11.3 Å². The third-order valence-electron chi connectivity index (χ3n) is 4.26. The molecular weight excluding hydrogens is 216 g/mol. The van der Waals surface area contributed by atoms with Gasteiger partial charge in [0, 0.05) is 26.2 Å². The second-order valence-electron chi connectivity index (χ2n) is 5.48. The van der Waals surface area contributed by atoms with Crippen molar-refractivity contribution in [3.8, 4) is 0 Å². The van der Waals surface area contributed by atoms with Crippen molar-refractivity contribution in [3.05, 3.63) is 0 Å². The molecule has 2 saturated carbocycles. The molecular formula is C13H24N2O2. The Balaban J connectivity index is 0.000000153. The summed E-state index contributed by atoms with van der Waals surface area (Å²) in [6, 6.07) is 0. The molecule has 0 unspecified atom stereocenters. The summed E-state index contributed by atoms with van der Waals surface area (Å²) in [5, 5.41) is 6.44. The van der Waals surface area contributed by atoms with E-state index >= 15 is 0 Å². The van der Waals surface area contributed by atoms with E-state index in [1.165, 1.54) is 26.4 Å². The van der Waals surface area contributed by atoms with Crippen molar-refractivity contribution in [1.82, 2.24) is 10.6 Å². The first kappa shape index (κ1) is 12.8. The number of hydrogen-bond donors (Lipinski definition) is 2. The van der Waals surface area contributed by atoms with Crippen LogP contribution in [0.1, 0.15) is 32.1 Å². The van der Waals surface area contributed by atoms with Gasteiger partial charge in [-0.3, -0.25) is 4.79 Å². The molecule has 17 heavy (non-hydrogen) atoms. The first-order valence-electron chi connectivity index (χ1n) is 6.75. The Morgan fingerprint density at radius 3 is 1.94 bits per heavy atom. The average molecular weight is 240 g/mol. The average Bonchev–Trinajstić information content (AvgIpc) is 2.28. The van der Waals surface area contributed by atoms with E-state index < -0.39 is 0 Å². The second kappa shape index (κ2) is 5.83. The van der Waals surface area contributed by atoms with E-state index in [2.05, 4.69) is 15.4 Å². The van der Waals surface area contributed by atoms with Crippen LogP contribution in [0, 0.1) is 11.3 Å². The highest BCUT2D eigenvalue weighted by molar-refractivity contribution is 5.73. The zero-order valence-electron chi connectivity index (χ0n) is 10.8. The van der Waals surface area contributed by atoms with Crippen LogP contribution in [0.2, 0.25) is 0 Å². The van der Waals surface area contributed by atoms with E-state index in [9.17, 15) is 4.79 Å². The molecule has 3 aliphatic rings. The van der Waals surface area contributed by atoms with Crippen molar-refractivity contribution in [2.45, 2.75) is 32.1 Å². The lowest BCUT2D eigenvalue weighted by Gasteiger charge is -2.53. The minimum atomic E-state index is 0.00234. The molecule has 2 N–H and O–H groups in total. The lowest BCUT2D eigenvalue weighted by molar-refractivity contribution is -0.158. The molecule has 0 atom stereocenters. The van der Waals surface area contributed by atoms with Gasteiger partial charge in [-0.15, -0.1) is 0 Å². The third kappa shape index (κ3) is 3.19. The summed E-state index contributed by atoms with van der Waals surface area (Å²) in [4.78, 5) is 11.0. The maximum atomic E-state index is 11.0. The molecule has 0 aromatic heterocycles. The molecule has 3 fully saturated rings. The minimum Gasteiger partial charge on any atom is -0.469 e. The molecule has 0 radical (unpaired) electrons. The van der Waals surface area contributed by atoms with E-state index in [-0.39, 0.29) is 11.9 Å². The van der Waals surface area contributed by atoms with Gasteiger partial charge in [0.25, 0.3) is 0 Å². The van der Waals surface area contributed by atoms with Gasteiger partial charge in [0.1, 0.15) is 0 Å². The highest BCUT2D eigenvalue weighted by atomic mass is 16.5. The number of rotatable bonds is 1. The molecule has 1 aliphatic heterocycles. The smallest absolute Gasteiger partial charge is 0.308 e. The molecule has 4 nitrogen and oxygen atoms in total. The summed E-state index contributed by atoms with van der Waals surface area (Å²) in [6.45, 7) is 4.56. The van der Waals surface area contributed by atoms with E-state index in [0.29, 0.717) is 5.41 Å². The fourth-order valence-electron chi connectivity index (χ4n) is 3.01. The van der Waals surface area contributed by atoms with Crippen LogP contribution >= 0.6 is 0 Å². The molecule has 1 spiro atoms. The highest BCUT2D eigenvalue weighted by Crippen LogP contribution is 2.58. The Labute approximate surface area is 103 Å². The molecule has 0 aromatic carbocycles. The minimum absolute atomic E-state index is 0.00234. The molecule has 1 saturated heterocycles. The van der Waals surface area contributed by atoms with Crippen molar-refractivity contribution in [1.29, 1.82) is 0 Å². The predicted octanol–water partition coefficient (Wildman–Crippen LogP) is 0.919. The zero-order chi connectivity index (χ0) is 12.1. The van der Waals surface area contributed by atoms with Crippen molar-refractivity contribution in [3.63, 3.8) is 0 Å². The normalized spacial score (nSPS) is 26.2. The summed E-state index contributed by atoms with van der Waals surface area (Å²) in [5.74, 6) is 0.239. The van der Waals surface area contributed by atoms with Crippen LogP contribution in [0.4, 0.5) is 0 Å². The van der Waals surface area contributed by atoms with Gasteiger partial charge >= 0.3 is 5.97 Å². The number of carbonyl (C=O) groups is 1. The topological polar surface area (TPSA) is 50.4 Å². The number of hydrogen-bond acceptors (Lipinski definition) is 4. The SMILES string of the molecule is C1CNCCN1.COC(=O)C1CC2(CCC2)C1. The van der Waals surface area contributed by atoms with E-state index in [4.69, 9.17) is 0 Å². The van der Waals surface area contributed by atoms with Crippen LogP contribution in [0.25, 0.3) is 0 Å². The Hall–Kier alpha value is -0.610. The Kier molecular flexibility index (Phi) is 4.40. The van der Waals surface area contributed by atoms with Gasteiger partial charge in [-0.2, -0.15) is 0 Å². The van der Waals surface area contributed by atoms with Gasteiger partial charge in [-0.1, -0.05) is 6.42 Å². The molecule has 98 valence electrons. The third-order valence-corrected chi connectivity index (χ3v) is 4.26. The van der Waals surface area contributed by atoms with Gasteiger partial charge in [0.05, 0.1) is 13.0 Å². The Morgan fingerprint density at radius 1 is 1.12 bits per heavy atom. The molecule has 0 bridgehead atoms. The maximum Gasteiger partial charge on any atom is 0.308 e. The molecule has 0 amide bonds. The van der Waals surface area contributed by atoms with Crippen molar-refractivity contribution >= 4 is 5.97 Å². The van der Waals surface area contributed by atoms with Crippen molar-refractivity contribution in [2.75, 3.05) is 33.3 Å². The molecule has 4 heteroatoms. The zero-order valence-corrected chi connectivity index (χ0v) is 10.8. The van der Waals surface area contributed by atoms with Crippen LogP contribution in [0.5, 0.6) is 0 Å². The van der Waals surface area contributed by atoms with E-state index in [1.54, 1.807) is 0 Å². The molecule has 0 aromatic rings. The lowest BCUT2D eigenvalue weighted by atomic mass is 9.52. The van der Waals surface area contributed by atoms with Gasteiger partial charge in [0.2, 0.25) is 0 Å². The summed E-state index contributed by atoms with van der Waals surface area (Å²) >= 11 is 0. The van der Waals surface area contributed by atoms with Gasteiger partial charge in [0.15, 0.2) is 0 Å². The largest absolute Gasteiger partial charge is 0.469 e. The maximum absolute atomic E-state index is 11.0. The molecule has 1 heterocycles. The van der Waals surface area contributed by atoms with Crippen LogP contribution in [-0.2, 0) is 9.53 Å². The first-order valence-corrected chi connectivity index (χ1v) is 6.75. The highest BCUT2D eigenvalue weighted by Gasteiger charge is 2.50. The Morgan fingerprint density at radius 2 is 1.65 bits per heavy atom. The fourth-order valence-corrected chi connectivity index (χ4v) is 3.01. The number of piperazine rings is 1. The Bertz CT molecular complexity index is 241. The van der Waals surface area contributed by atoms with E-state index in [1.807, 2.05) is 0 Å². The number of carbonyl (C=O) groups excluding carboxylic acids is 1. The van der Waals surface area contributed by atoms with Gasteiger partial charge in [-0.05, 0) is 31.1 Å². The lowest BCUT2D eigenvalue weighted by Crippen LogP contribution is -2.45. The van der Waals surface area contributed by atoms with E-state index in [0.717, 1.165) is 39.0 Å². The van der Waals surface area contributed by atoms with Gasteiger partial charge < -0.3 is 15.4 Å². The van der Waals surface area contributed by atoms with Crippen LogP contribution in [0.15, 0.2) is 0 Å². The second-order valence-corrected chi connectivity index (χ2v) is 5.48. The number of ether oxygens (including phenoxy) is 1. The molecule has 2 aliphatic carbocycles. The standard InChI is InChI=1S/C9H14O2.C4H10N2/c1-11-8(10)7-5-9(6-7)3-2-4-9;1-2-6-4-3-5-1/h7H,2-6H2,1H3;5-6H,1-4H2. The van der Waals surface area contributed by atoms with Crippen LogP contribution in [0.3, 0.4) is 0 Å². The monoisotopic (exact) mass is 240 g/mol. The number of nitrogens with one attached hydrogen (secondary N) is 2. The predicted molar refractivity (Wildman–Crippen MR) is 66.8 cm³/mol. The summed E-state index contributed by atoms with van der Waals surface area (Å²) < 4.78 is 4.68. The number of methoxy groups -OCH3 is 1. The quantitative estimate of drug-likeness (QED) is 0.669. The van der Waals surface area contributed by atoms with Crippen molar-refractivity contribution < 1.29 is 9.53 Å².